The van der Waals surface area contributed by atoms with Gasteiger partial charge in [-0.15, -0.1) is 0 Å². The van der Waals surface area contributed by atoms with Crippen LogP contribution in [0.15, 0.2) is 53.0 Å². The number of aryl methyl sites for hydroxylation is 1. The first-order valence-electron chi connectivity index (χ1n) is 6.88. The molecule has 0 aliphatic carbocycles. The molecule has 0 heterocycles. The van der Waals surface area contributed by atoms with E-state index in [1.165, 1.54) is 7.11 Å². The normalized spacial score (nSPS) is 13.2. The molecule has 0 aliphatic rings. The molecule has 0 unspecified atom stereocenters. The number of ether oxygens (including phenoxy) is 1. The van der Waals surface area contributed by atoms with E-state index in [1.807, 2.05) is 49.4 Å². The first kappa shape index (κ1) is 16.4. The van der Waals surface area contributed by atoms with Gasteiger partial charge in [-0.2, -0.15) is 0 Å². The smallest absolute Gasteiger partial charge is 0.323 e. The number of rotatable bonds is 5. The SMILES string of the molecule is COC(=O)[C@](C=O)(Cc1ccc(Br)cc1)c1cccc(C)c1. The van der Waals surface area contributed by atoms with Gasteiger partial charge in [0.2, 0.25) is 0 Å². The van der Waals surface area contributed by atoms with Gasteiger partial charge in [-0.05, 0) is 36.6 Å². The van der Waals surface area contributed by atoms with Crippen molar-refractivity contribution < 1.29 is 14.3 Å². The van der Waals surface area contributed by atoms with E-state index < -0.39 is 11.4 Å². The minimum absolute atomic E-state index is 0.264. The van der Waals surface area contributed by atoms with E-state index in [0.717, 1.165) is 15.6 Å². The summed E-state index contributed by atoms with van der Waals surface area (Å²) in [6.07, 6.45) is 0.954. The van der Waals surface area contributed by atoms with Gasteiger partial charge in [-0.3, -0.25) is 4.79 Å². The van der Waals surface area contributed by atoms with Gasteiger partial charge < -0.3 is 9.53 Å². The van der Waals surface area contributed by atoms with Crippen molar-refractivity contribution in [1.82, 2.24) is 0 Å². The molecular formula is C18H17BrO3. The largest absolute Gasteiger partial charge is 0.468 e. The number of carbonyl (C=O) groups is 2. The zero-order valence-corrected chi connectivity index (χ0v) is 14.1. The molecule has 114 valence electrons. The molecule has 0 bridgehead atoms. The van der Waals surface area contributed by atoms with Crippen LogP contribution < -0.4 is 0 Å². The number of hydrogen-bond acceptors (Lipinski definition) is 3. The van der Waals surface area contributed by atoms with Crippen molar-refractivity contribution in [2.24, 2.45) is 0 Å². The number of benzene rings is 2. The van der Waals surface area contributed by atoms with Gasteiger partial charge in [0.15, 0.2) is 5.41 Å². The molecule has 0 spiro atoms. The van der Waals surface area contributed by atoms with E-state index in [2.05, 4.69) is 15.9 Å². The molecule has 0 N–H and O–H groups in total. The summed E-state index contributed by atoms with van der Waals surface area (Å²) in [7, 11) is 1.30. The first-order chi connectivity index (χ1) is 10.5. The third kappa shape index (κ3) is 3.28. The zero-order chi connectivity index (χ0) is 16.2. The van der Waals surface area contributed by atoms with Crippen molar-refractivity contribution >= 4 is 28.2 Å². The maximum atomic E-state index is 12.4. The summed E-state index contributed by atoms with van der Waals surface area (Å²) in [5, 5.41) is 0. The predicted molar refractivity (Wildman–Crippen MR) is 88.8 cm³/mol. The molecule has 2 rings (SSSR count). The molecule has 1 atom stereocenters. The maximum Gasteiger partial charge on any atom is 0.323 e. The van der Waals surface area contributed by atoms with Crippen molar-refractivity contribution in [3.8, 4) is 0 Å². The number of halogens is 1. The molecule has 2 aromatic rings. The fourth-order valence-electron chi connectivity index (χ4n) is 2.48. The molecule has 0 saturated carbocycles. The molecule has 0 saturated heterocycles. The second-order valence-corrected chi connectivity index (χ2v) is 6.17. The highest BCUT2D eigenvalue weighted by molar-refractivity contribution is 9.10. The molecule has 0 amide bonds. The third-order valence-corrected chi connectivity index (χ3v) is 4.21. The van der Waals surface area contributed by atoms with Crippen LogP contribution in [0.2, 0.25) is 0 Å². The fraction of sp³-hybridized carbons (Fsp3) is 0.222. The van der Waals surface area contributed by atoms with Crippen LogP contribution >= 0.6 is 15.9 Å². The topological polar surface area (TPSA) is 43.4 Å². The van der Waals surface area contributed by atoms with Gasteiger partial charge in [0.25, 0.3) is 0 Å². The standard InChI is InChI=1S/C18H17BrO3/c1-13-4-3-5-15(10-13)18(12-20,17(21)22-2)11-14-6-8-16(19)9-7-14/h3-10,12H,11H2,1-2H3/t18-/m0/s1. The second kappa shape index (κ2) is 6.88. The Morgan fingerprint density at radius 3 is 2.45 bits per heavy atom. The monoisotopic (exact) mass is 360 g/mol. The van der Waals surface area contributed by atoms with E-state index in [9.17, 15) is 9.59 Å². The van der Waals surface area contributed by atoms with Crippen LogP contribution in [0.5, 0.6) is 0 Å². The predicted octanol–water partition coefficient (Wildman–Crippen LogP) is 3.61. The van der Waals surface area contributed by atoms with Crippen LogP contribution in [0, 0.1) is 6.92 Å². The van der Waals surface area contributed by atoms with Crippen LogP contribution in [0.4, 0.5) is 0 Å². The summed E-state index contributed by atoms with van der Waals surface area (Å²) in [6, 6.07) is 15.0. The summed E-state index contributed by atoms with van der Waals surface area (Å²) < 4.78 is 5.86. The Morgan fingerprint density at radius 2 is 1.91 bits per heavy atom. The molecule has 0 aromatic heterocycles. The van der Waals surface area contributed by atoms with Crippen LogP contribution in [-0.2, 0) is 26.2 Å². The van der Waals surface area contributed by atoms with Crippen molar-refractivity contribution in [2.45, 2.75) is 18.8 Å². The Bertz CT molecular complexity index is 679. The highest BCUT2D eigenvalue weighted by atomic mass is 79.9. The van der Waals surface area contributed by atoms with Gasteiger partial charge in [0, 0.05) is 4.47 Å². The van der Waals surface area contributed by atoms with Gasteiger partial charge in [0.1, 0.15) is 6.29 Å². The zero-order valence-electron chi connectivity index (χ0n) is 12.5. The van der Waals surface area contributed by atoms with Crippen LogP contribution in [0.3, 0.4) is 0 Å². The fourth-order valence-corrected chi connectivity index (χ4v) is 2.74. The average molecular weight is 361 g/mol. The van der Waals surface area contributed by atoms with Gasteiger partial charge in [-0.25, -0.2) is 0 Å². The number of aldehydes is 1. The summed E-state index contributed by atoms with van der Waals surface area (Å²) in [4.78, 5) is 24.3. The van der Waals surface area contributed by atoms with Crippen molar-refractivity contribution in [1.29, 1.82) is 0 Å². The van der Waals surface area contributed by atoms with Crippen molar-refractivity contribution in [3.05, 3.63) is 69.7 Å². The molecule has 22 heavy (non-hydrogen) atoms. The second-order valence-electron chi connectivity index (χ2n) is 5.25. The van der Waals surface area contributed by atoms with E-state index in [0.29, 0.717) is 11.8 Å². The highest BCUT2D eigenvalue weighted by Gasteiger charge is 2.41. The molecule has 0 aliphatic heterocycles. The number of hydrogen-bond donors (Lipinski definition) is 0. The molecule has 3 nitrogen and oxygen atoms in total. The van der Waals surface area contributed by atoms with Gasteiger partial charge >= 0.3 is 5.97 Å². The quantitative estimate of drug-likeness (QED) is 0.464. The summed E-state index contributed by atoms with van der Waals surface area (Å²) in [5.41, 5.74) is 1.21. The molecule has 0 radical (unpaired) electrons. The lowest BCUT2D eigenvalue weighted by atomic mass is 9.76. The Balaban J connectivity index is 2.52. The van der Waals surface area contributed by atoms with E-state index >= 15 is 0 Å². The van der Waals surface area contributed by atoms with Crippen LogP contribution in [0.1, 0.15) is 16.7 Å². The number of carbonyl (C=O) groups excluding carboxylic acids is 2. The van der Waals surface area contributed by atoms with E-state index in [-0.39, 0.29) is 6.42 Å². The Kier molecular flexibility index (Phi) is 5.14. The molecule has 0 fully saturated rings. The Labute approximate surface area is 138 Å². The lowest BCUT2D eigenvalue weighted by molar-refractivity contribution is -0.149. The van der Waals surface area contributed by atoms with Crippen molar-refractivity contribution in [2.75, 3.05) is 7.11 Å². The summed E-state index contributed by atoms with van der Waals surface area (Å²) in [6.45, 7) is 1.93. The lowest BCUT2D eigenvalue weighted by Crippen LogP contribution is -2.41. The average Bonchev–Trinajstić information content (AvgIpc) is 2.54. The summed E-state index contributed by atoms with van der Waals surface area (Å²) >= 11 is 3.38. The van der Waals surface area contributed by atoms with E-state index in [4.69, 9.17) is 4.74 Å². The highest BCUT2D eigenvalue weighted by Crippen LogP contribution is 2.29. The maximum absolute atomic E-state index is 12.4. The molecular weight excluding hydrogens is 344 g/mol. The van der Waals surface area contributed by atoms with Crippen LogP contribution in [0.25, 0.3) is 0 Å². The molecule has 2 aromatic carbocycles. The lowest BCUT2D eigenvalue weighted by Gasteiger charge is -2.26. The summed E-state index contributed by atoms with van der Waals surface area (Å²) in [5.74, 6) is -0.545. The van der Waals surface area contributed by atoms with Gasteiger partial charge in [-0.1, -0.05) is 57.9 Å². The third-order valence-electron chi connectivity index (χ3n) is 3.68. The van der Waals surface area contributed by atoms with Crippen LogP contribution in [-0.4, -0.2) is 19.4 Å². The Morgan fingerprint density at radius 1 is 1.23 bits per heavy atom. The minimum atomic E-state index is -1.32. The minimum Gasteiger partial charge on any atom is -0.468 e. The van der Waals surface area contributed by atoms with Gasteiger partial charge in [0.05, 0.1) is 7.11 Å². The number of esters is 1. The number of methoxy groups -OCH3 is 1. The first-order valence-corrected chi connectivity index (χ1v) is 7.67. The molecule has 4 heteroatoms. The van der Waals surface area contributed by atoms with E-state index in [1.54, 1.807) is 6.07 Å². The Hall–Kier alpha value is -1.94. The van der Waals surface area contributed by atoms with Crippen molar-refractivity contribution in [3.63, 3.8) is 0 Å².